The third-order valence-corrected chi connectivity index (χ3v) is 4.58. The van der Waals surface area contributed by atoms with Crippen LogP contribution in [0.3, 0.4) is 0 Å². The van der Waals surface area contributed by atoms with Crippen molar-refractivity contribution in [1.82, 2.24) is 0 Å². The molecule has 0 aliphatic carbocycles. The number of aryl methyl sites for hydroxylation is 1. The molecule has 0 radical (unpaired) electrons. The summed E-state index contributed by atoms with van der Waals surface area (Å²) < 4.78 is 29.0. The van der Waals surface area contributed by atoms with E-state index in [0.29, 0.717) is 25.1 Å². The highest BCUT2D eigenvalue weighted by Gasteiger charge is 2.25. The van der Waals surface area contributed by atoms with E-state index in [-0.39, 0.29) is 17.4 Å². The van der Waals surface area contributed by atoms with Crippen molar-refractivity contribution in [3.63, 3.8) is 0 Å². The van der Waals surface area contributed by atoms with E-state index < -0.39 is 10.1 Å². The number of carbonyl (C=O) groups is 1. The summed E-state index contributed by atoms with van der Waals surface area (Å²) in [6.45, 7) is 4.51. The molecule has 0 N–H and O–H groups in total. The molecule has 2 rings (SSSR count). The van der Waals surface area contributed by atoms with E-state index in [4.69, 9.17) is 4.18 Å². The molecule has 0 unspecified atom stereocenters. The Kier molecular flexibility index (Phi) is 4.45. The van der Waals surface area contributed by atoms with Crippen molar-refractivity contribution < 1.29 is 17.4 Å². The van der Waals surface area contributed by atoms with Crippen LogP contribution in [-0.4, -0.2) is 27.5 Å². The predicted molar refractivity (Wildman–Crippen MR) is 76.2 cm³/mol. The van der Waals surface area contributed by atoms with Gasteiger partial charge in [0.15, 0.2) is 0 Å². The summed E-state index contributed by atoms with van der Waals surface area (Å²) in [4.78, 5) is 13.6. The van der Waals surface area contributed by atoms with Crippen LogP contribution < -0.4 is 4.90 Å². The Morgan fingerprint density at radius 1 is 1.35 bits per heavy atom. The van der Waals surface area contributed by atoms with Gasteiger partial charge in [-0.15, -0.1) is 0 Å². The Bertz CT molecular complexity index is 610. The van der Waals surface area contributed by atoms with Gasteiger partial charge in [-0.3, -0.25) is 8.98 Å². The maximum absolute atomic E-state index is 12.0. The van der Waals surface area contributed by atoms with E-state index in [2.05, 4.69) is 0 Å². The van der Waals surface area contributed by atoms with Crippen LogP contribution in [0, 0.1) is 6.92 Å². The average Bonchev–Trinajstić information content (AvgIpc) is 2.83. The van der Waals surface area contributed by atoms with Crippen LogP contribution >= 0.6 is 0 Å². The number of hydrogen-bond acceptors (Lipinski definition) is 4. The normalized spacial score (nSPS) is 15.9. The molecule has 0 aromatic heterocycles. The quantitative estimate of drug-likeness (QED) is 0.782. The number of benzene rings is 1. The summed E-state index contributed by atoms with van der Waals surface area (Å²) in [5.41, 5.74) is 1.54. The average molecular weight is 297 g/mol. The van der Waals surface area contributed by atoms with Crippen molar-refractivity contribution in [3.05, 3.63) is 23.8 Å². The molecular weight excluding hydrogens is 278 g/mol. The first-order valence-electron chi connectivity index (χ1n) is 6.76. The van der Waals surface area contributed by atoms with Gasteiger partial charge in [0.25, 0.3) is 10.1 Å². The van der Waals surface area contributed by atoms with Gasteiger partial charge in [0, 0.05) is 18.7 Å². The van der Waals surface area contributed by atoms with E-state index >= 15 is 0 Å². The van der Waals surface area contributed by atoms with Gasteiger partial charge in [0.2, 0.25) is 5.91 Å². The number of hydrogen-bond donors (Lipinski definition) is 0. The lowest BCUT2D eigenvalue weighted by Crippen LogP contribution is -2.24. The van der Waals surface area contributed by atoms with Crippen LogP contribution in [-0.2, 0) is 19.1 Å². The maximum atomic E-state index is 12.0. The molecule has 0 saturated carbocycles. The van der Waals surface area contributed by atoms with Crippen LogP contribution in [0.25, 0.3) is 0 Å². The third kappa shape index (κ3) is 3.02. The van der Waals surface area contributed by atoms with Gasteiger partial charge in [0.1, 0.15) is 0 Å². The van der Waals surface area contributed by atoms with Crippen molar-refractivity contribution in [2.45, 2.75) is 38.0 Å². The molecule has 5 nitrogen and oxygen atoms in total. The Labute approximate surface area is 119 Å². The number of carbonyl (C=O) groups excluding carboxylic acids is 1. The third-order valence-electron chi connectivity index (χ3n) is 3.28. The Hall–Kier alpha value is -1.40. The SMILES string of the molecule is CCCOS(=O)(=O)c1ccc(C)c(N2CCCC2=O)c1. The zero-order valence-corrected chi connectivity index (χ0v) is 12.6. The van der Waals surface area contributed by atoms with E-state index in [0.717, 1.165) is 12.0 Å². The highest BCUT2D eigenvalue weighted by atomic mass is 32.2. The van der Waals surface area contributed by atoms with Crippen molar-refractivity contribution in [1.29, 1.82) is 0 Å². The lowest BCUT2D eigenvalue weighted by molar-refractivity contribution is -0.117. The standard InChI is InChI=1S/C14H19NO4S/c1-3-9-19-20(17,18)12-7-6-11(2)13(10-12)15-8-4-5-14(15)16/h6-7,10H,3-5,8-9H2,1-2H3. The molecule has 20 heavy (non-hydrogen) atoms. The minimum atomic E-state index is -3.75. The van der Waals surface area contributed by atoms with E-state index in [1.807, 2.05) is 13.8 Å². The summed E-state index contributed by atoms with van der Waals surface area (Å²) >= 11 is 0. The number of nitrogens with zero attached hydrogens (tertiary/aromatic N) is 1. The molecule has 1 saturated heterocycles. The van der Waals surface area contributed by atoms with Crippen LogP contribution in [0.5, 0.6) is 0 Å². The fourth-order valence-corrected chi connectivity index (χ4v) is 3.21. The highest BCUT2D eigenvalue weighted by Crippen LogP contribution is 2.28. The van der Waals surface area contributed by atoms with Crippen molar-refractivity contribution in [2.24, 2.45) is 0 Å². The number of rotatable bonds is 5. The lowest BCUT2D eigenvalue weighted by atomic mass is 10.2. The van der Waals surface area contributed by atoms with Gasteiger partial charge < -0.3 is 4.90 Å². The fraction of sp³-hybridized carbons (Fsp3) is 0.500. The second-order valence-electron chi connectivity index (χ2n) is 4.87. The summed E-state index contributed by atoms with van der Waals surface area (Å²) in [6, 6.07) is 4.76. The smallest absolute Gasteiger partial charge is 0.297 e. The summed E-state index contributed by atoms with van der Waals surface area (Å²) in [5, 5.41) is 0. The van der Waals surface area contributed by atoms with Gasteiger partial charge >= 0.3 is 0 Å². The topological polar surface area (TPSA) is 63.7 Å². The molecule has 0 bridgehead atoms. The van der Waals surface area contributed by atoms with Gasteiger partial charge in [-0.05, 0) is 37.5 Å². The molecule has 0 spiro atoms. The van der Waals surface area contributed by atoms with Crippen molar-refractivity contribution >= 4 is 21.7 Å². The Balaban J connectivity index is 2.36. The molecule has 1 aliphatic rings. The molecule has 0 atom stereocenters. The van der Waals surface area contributed by atoms with Gasteiger partial charge in [-0.25, -0.2) is 0 Å². The monoisotopic (exact) mass is 297 g/mol. The van der Waals surface area contributed by atoms with Crippen LogP contribution in [0.1, 0.15) is 31.7 Å². The number of amides is 1. The Morgan fingerprint density at radius 3 is 2.70 bits per heavy atom. The second kappa shape index (κ2) is 5.93. The minimum absolute atomic E-state index is 0.0390. The first-order valence-corrected chi connectivity index (χ1v) is 8.17. The van der Waals surface area contributed by atoms with Gasteiger partial charge in [0.05, 0.1) is 11.5 Å². The predicted octanol–water partition coefficient (Wildman–Crippen LogP) is 2.24. The van der Waals surface area contributed by atoms with Crippen LogP contribution in [0.2, 0.25) is 0 Å². The molecule has 1 heterocycles. The largest absolute Gasteiger partial charge is 0.312 e. The zero-order valence-electron chi connectivity index (χ0n) is 11.8. The fourth-order valence-electron chi connectivity index (χ4n) is 2.20. The molecule has 6 heteroatoms. The van der Waals surface area contributed by atoms with E-state index in [1.54, 1.807) is 11.0 Å². The molecule has 110 valence electrons. The van der Waals surface area contributed by atoms with E-state index in [9.17, 15) is 13.2 Å². The summed E-state index contributed by atoms with van der Waals surface area (Å²) in [7, 11) is -3.75. The van der Waals surface area contributed by atoms with E-state index in [1.165, 1.54) is 12.1 Å². The molecule has 1 aliphatic heterocycles. The van der Waals surface area contributed by atoms with Gasteiger partial charge in [-0.1, -0.05) is 13.0 Å². The molecule has 1 aromatic carbocycles. The Morgan fingerprint density at radius 2 is 2.10 bits per heavy atom. The highest BCUT2D eigenvalue weighted by molar-refractivity contribution is 7.86. The second-order valence-corrected chi connectivity index (χ2v) is 6.49. The maximum Gasteiger partial charge on any atom is 0.297 e. The lowest BCUT2D eigenvalue weighted by Gasteiger charge is -2.19. The van der Waals surface area contributed by atoms with Crippen LogP contribution in [0.15, 0.2) is 23.1 Å². The minimum Gasteiger partial charge on any atom is -0.312 e. The number of anilines is 1. The summed E-state index contributed by atoms with van der Waals surface area (Å²) in [5.74, 6) is 0.0390. The molecule has 1 amide bonds. The summed E-state index contributed by atoms with van der Waals surface area (Å²) in [6.07, 6.45) is 1.95. The van der Waals surface area contributed by atoms with Crippen molar-refractivity contribution in [3.8, 4) is 0 Å². The molecule has 1 aromatic rings. The zero-order chi connectivity index (χ0) is 14.8. The first-order chi connectivity index (χ1) is 9.45. The molecular formula is C14H19NO4S. The van der Waals surface area contributed by atoms with Crippen molar-refractivity contribution in [2.75, 3.05) is 18.1 Å². The van der Waals surface area contributed by atoms with Gasteiger partial charge in [-0.2, -0.15) is 8.42 Å². The van der Waals surface area contributed by atoms with Crippen LogP contribution in [0.4, 0.5) is 5.69 Å². The first kappa shape index (κ1) is 15.0. The molecule has 1 fully saturated rings.